The standard InChI is InChI=1S/C12H15F2NO/c13-8-2-3-10(14)9(6-8)11(16)12(7-15)4-1-5-12/h2-3,6,11,16H,1,4-5,7,15H2. The van der Waals surface area contributed by atoms with Crippen LogP contribution in [0.3, 0.4) is 0 Å². The number of hydrogen-bond acceptors (Lipinski definition) is 2. The first-order valence-corrected chi connectivity index (χ1v) is 5.42. The molecule has 0 aromatic heterocycles. The minimum Gasteiger partial charge on any atom is -0.388 e. The van der Waals surface area contributed by atoms with Gasteiger partial charge < -0.3 is 10.8 Å². The second kappa shape index (κ2) is 4.11. The van der Waals surface area contributed by atoms with Crippen molar-refractivity contribution in [3.05, 3.63) is 35.4 Å². The van der Waals surface area contributed by atoms with Crippen molar-refractivity contribution in [1.82, 2.24) is 0 Å². The van der Waals surface area contributed by atoms with Crippen LogP contribution in [0.2, 0.25) is 0 Å². The molecule has 0 bridgehead atoms. The van der Waals surface area contributed by atoms with Crippen LogP contribution in [0.1, 0.15) is 30.9 Å². The Morgan fingerprint density at radius 3 is 2.56 bits per heavy atom. The summed E-state index contributed by atoms with van der Waals surface area (Å²) in [6.07, 6.45) is 1.49. The molecule has 1 aliphatic carbocycles. The van der Waals surface area contributed by atoms with E-state index in [4.69, 9.17) is 5.73 Å². The van der Waals surface area contributed by atoms with Crippen molar-refractivity contribution in [3.63, 3.8) is 0 Å². The van der Waals surface area contributed by atoms with Crippen molar-refractivity contribution < 1.29 is 13.9 Å². The summed E-state index contributed by atoms with van der Waals surface area (Å²) in [5.74, 6) is -1.12. The van der Waals surface area contributed by atoms with Crippen LogP contribution in [-0.4, -0.2) is 11.7 Å². The van der Waals surface area contributed by atoms with Gasteiger partial charge in [-0.25, -0.2) is 8.78 Å². The molecule has 1 aromatic rings. The predicted octanol–water partition coefficient (Wildman–Crippen LogP) is 2.13. The first-order chi connectivity index (χ1) is 7.59. The van der Waals surface area contributed by atoms with Crippen LogP contribution in [-0.2, 0) is 0 Å². The van der Waals surface area contributed by atoms with Crippen molar-refractivity contribution in [2.75, 3.05) is 6.54 Å². The molecule has 3 N–H and O–H groups in total. The molecule has 88 valence electrons. The molecule has 1 fully saturated rings. The van der Waals surface area contributed by atoms with Crippen LogP contribution in [0, 0.1) is 17.0 Å². The van der Waals surface area contributed by atoms with Crippen LogP contribution in [0.15, 0.2) is 18.2 Å². The van der Waals surface area contributed by atoms with Gasteiger partial charge in [-0.3, -0.25) is 0 Å². The van der Waals surface area contributed by atoms with Crippen LogP contribution in [0.4, 0.5) is 8.78 Å². The van der Waals surface area contributed by atoms with Gasteiger partial charge in [0.2, 0.25) is 0 Å². The molecule has 0 amide bonds. The van der Waals surface area contributed by atoms with Crippen LogP contribution in [0.25, 0.3) is 0 Å². The maximum Gasteiger partial charge on any atom is 0.129 e. The number of nitrogens with two attached hydrogens (primary N) is 1. The summed E-state index contributed by atoms with van der Waals surface area (Å²) in [4.78, 5) is 0. The lowest BCUT2D eigenvalue weighted by Crippen LogP contribution is -2.42. The van der Waals surface area contributed by atoms with E-state index in [1.165, 1.54) is 0 Å². The monoisotopic (exact) mass is 227 g/mol. The van der Waals surface area contributed by atoms with Gasteiger partial charge in [-0.2, -0.15) is 0 Å². The number of aliphatic hydroxyl groups excluding tert-OH is 1. The van der Waals surface area contributed by atoms with Gasteiger partial charge in [0.25, 0.3) is 0 Å². The van der Waals surface area contributed by atoms with Crippen molar-refractivity contribution in [2.24, 2.45) is 11.1 Å². The Balaban J connectivity index is 2.32. The average Bonchev–Trinajstić information content (AvgIpc) is 2.21. The highest BCUT2D eigenvalue weighted by atomic mass is 19.1. The molecule has 2 nitrogen and oxygen atoms in total. The summed E-state index contributed by atoms with van der Waals surface area (Å²) < 4.78 is 26.5. The van der Waals surface area contributed by atoms with Crippen molar-refractivity contribution in [1.29, 1.82) is 0 Å². The zero-order valence-electron chi connectivity index (χ0n) is 8.92. The van der Waals surface area contributed by atoms with E-state index in [1.807, 2.05) is 0 Å². The van der Waals surface area contributed by atoms with Gasteiger partial charge in [-0.1, -0.05) is 6.42 Å². The molecule has 1 aromatic carbocycles. The maximum absolute atomic E-state index is 13.5. The molecule has 1 aliphatic rings. The predicted molar refractivity (Wildman–Crippen MR) is 56.7 cm³/mol. The number of rotatable bonds is 3. The summed E-state index contributed by atoms with van der Waals surface area (Å²) in [6.45, 7) is 0.296. The molecular formula is C12H15F2NO. The number of benzene rings is 1. The molecule has 0 aliphatic heterocycles. The van der Waals surface area contributed by atoms with Gasteiger partial charge in [0.05, 0.1) is 6.10 Å². The lowest BCUT2D eigenvalue weighted by molar-refractivity contribution is -0.0317. The summed E-state index contributed by atoms with van der Waals surface area (Å²) >= 11 is 0. The van der Waals surface area contributed by atoms with Gasteiger partial charge in [0.1, 0.15) is 11.6 Å². The maximum atomic E-state index is 13.5. The van der Waals surface area contributed by atoms with Gasteiger partial charge >= 0.3 is 0 Å². The third-order valence-electron chi connectivity index (χ3n) is 3.59. The molecule has 1 saturated carbocycles. The molecule has 0 saturated heterocycles. The minimum absolute atomic E-state index is 0.0187. The van der Waals surface area contributed by atoms with E-state index in [0.717, 1.165) is 37.5 Å². The molecule has 0 spiro atoms. The van der Waals surface area contributed by atoms with Crippen LogP contribution < -0.4 is 5.73 Å². The fraction of sp³-hybridized carbons (Fsp3) is 0.500. The second-order valence-corrected chi connectivity index (χ2v) is 4.49. The zero-order valence-corrected chi connectivity index (χ0v) is 8.92. The largest absolute Gasteiger partial charge is 0.388 e. The molecule has 4 heteroatoms. The van der Waals surface area contributed by atoms with Gasteiger partial charge in [0, 0.05) is 17.5 Å². The molecular weight excluding hydrogens is 212 g/mol. The first kappa shape index (κ1) is 11.5. The molecule has 16 heavy (non-hydrogen) atoms. The Kier molecular flexibility index (Phi) is 2.95. The third-order valence-corrected chi connectivity index (χ3v) is 3.59. The summed E-state index contributed by atoms with van der Waals surface area (Å²) in [5.41, 5.74) is 5.17. The second-order valence-electron chi connectivity index (χ2n) is 4.49. The quantitative estimate of drug-likeness (QED) is 0.830. The van der Waals surface area contributed by atoms with Crippen LogP contribution >= 0.6 is 0 Å². The Hall–Kier alpha value is -1.00. The fourth-order valence-corrected chi connectivity index (χ4v) is 2.27. The Labute approximate surface area is 93.1 Å². The van der Waals surface area contributed by atoms with E-state index >= 15 is 0 Å². The molecule has 2 rings (SSSR count). The van der Waals surface area contributed by atoms with Gasteiger partial charge in [-0.15, -0.1) is 0 Å². The Morgan fingerprint density at radius 2 is 2.06 bits per heavy atom. The van der Waals surface area contributed by atoms with E-state index in [9.17, 15) is 13.9 Å². The van der Waals surface area contributed by atoms with Gasteiger partial charge in [0.15, 0.2) is 0 Å². The summed E-state index contributed by atoms with van der Waals surface area (Å²) in [6, 6.07) is 3.13. The van der Waals surface area contributed by atoms with Crippen molar-refractivity contribution in [3.8, 4) is 0 Å². The number of aliphatic hydroxyl groups is 1. The normalized spacial score (nSPS) is 20.2. The topological polar surface area (TPSA) is 46.2 Å². The fourth-order valence-electron chi connectivity index (χ4n) is 2.27. The van der Waals surface area contributed by atoms with E-state index in [1.54, 1.807) is 0 Å². The number of halogens is 2. The van der Waals surface area contributed by atoms with Gasteiger partial charge in [-0.05, 0) is 31.0 Å². The Morgan fingerprint density at radius 1 is 1.38 bits per heavy atom. The highest BCUT2D eigenvalue weighted by molar-refractivity contribution is 5.24. The minimum atomic E-state index is -1.01. The van der Waals surface area contributed by atoms with E-state index in [2.05, 4.69) is 0 Å². The average molecular weight is 227 g/mol. The number of hydrogen-bond donors (Lipinski definition) is 2. The molecule has 0 heterocycles. The van der Waals surface area contributed by atoms with Crippen LogP contribution in [0.5, 0.6) is 0 Å². The molecule has 1 atom stereocenters. The summed E-state index contributed by atoms with van der Waals surface area (Å²) in [7, 11) is 0. The molecule has 1 unspecified atom stereocenters. The van der Waals surface area contributed by atoms with Crippen molar-refractivity contribution in [2.45, 2.75) is 25.4 Å². The summed E-state index contributed by atoms with van der Waals surface area (Å²) in [5, 5.41) is 10.1. The third kappa shape index (κ3) is 1.72. The smallest absolute Gasteiger partial charge is 0.129 e. The highest BCUT2D eigenvalue weighted by Gasteiger charge is 2.43. The highest BCUT2D eigenvalue weighted by Crippen LogP contribution is 2.49. The first-order valence-electron chi connectivity index (χ1n) is 5.42. The molecule has 0 radical (unpaired) electrons. The lowest BCUT2D eigenvalue weighted by atomic mass is 9.63. The SMILES string of the molecule is NCC1(C(O)c2cc(F)ccc2F)CCC1. The zero-order chi connectivity index (χ0) is 11.8. The van der Waals surface area contributed by atoms with E-state index in [-0.39, 0.29) is 5.56 Å². The van der Waals surface area contributed by atoms with Crippen molar-refractivity contribution >= 4 is 0 Å². The van der Waals surface area contributed by atoms with E-state index in [0.29, 0.717) is 6.54 Å². The Bertz CT molecular complexity index is 385. The van der Waals surface area contributed by atoms with E-state index < -0.39 is 23.2 Å². The lowest BCUT2D eigenvalue weighted by Gasteiger charge is -2.44.